The fourth-order valence-corrected chi connectivity index (χ4v) is 3.15. The van der Waals surface area contributed by atoms with E-state index < -0.39 is 0 Å². The van der Waals surface area contributed by atoms with Crippen LogP contribution < -0.4 is 20.1 Å². The maximum Gasteiger partial charge on any atom is 0.191 e. The Morgan fingerprint density at radius 1 is 0.900 bits per heavy atom. The Hall–Kier alpha value is -2.00. The minimum Gasteiger partial charge on any atom is -0.497 e. The monoisotopic (exact) mass is 526 g/mol. The molecule has 0 bridgehead atoms. The number of aliphatic imine (C=N–C) groups is 1. The zero-order valence-electron chi connectivity index (χ0n) is 18.7. The number of benzene rings is 2. The second kappa shape index (κ2) is 14.1. The maximum absolute atomic E-state index is 5.47. The summed E-state index contributed by atoms with van der Waals surface area (Å²) in [6.45, 7) is 8.77. The first kappa shape index (κ1) is 26.0. The molecule has 0 saturated heterocycles. The Morgan fingerprint density at radius 3 is 2.10 bits per heavy atom. The lowest BCUT2D eigenvalue weighted by molar-refractivity contribution is 0.295. The van der Waals surface area contributed by atoms with Crippen LogP contribution in [-0.2, 0) is 19.6 Å². The molecule has 7 heteroatoms. The van der Waals surface area contributed by atoms with Gasteiger partial charge in [-0.2, -0.15) is 0 Å². The third-order valence-corrected chi connectivity index (χ3v) is 5.02. The molecule has 0 aliphatic heterocycles. The standard InChI is InChI=1S/C23H34N4O2.HI/c1-6-27(7-2)17-20-11-9-8-10-18(20)15-25-23(24-3)26-16-19-12-13-21(28-4)14-22(19)29-5;/h8-14H,6-7,15-17H2,1-5H3,(H2,24,25,26);1H. The zero-order valence-corrected chi connectivity index (χ0v) is 21.0. The lowest BCUT2D eigenvalue weighted by atomic mass is 10.1. The van der Waals surface area contributed by atoms with E-state index in [1.807, 2.05) is 18.2 Å². The van der Waals surface area contributed by atoms with Crippen LogP contribution in [0.1, 0.15) is 30.5 Å². The lowest BCUT2D eigenvalue weighted by Gasteiger charge is -2.21. The van der Waals surface area contributed by atoms with E-state index in [0.29, 0.717) is 6.54 Å². The van der Waals surface area contributed by atoms with Crippen molar-refractivity contribution in [2.75, 3.05) is 34.4 Å². The van der Waals surface area contributed by atoms with Crippen molar-refractivity contribution >= 4 is 29.9 Å². The number of rotatable bonds is 10. The van der Waals surface area contributed by atoms with Gasteiger partial charge in [0.05, 0.1) is 14.2 Å². The minimum atomic E-state index is 0. The predicted molar refractivity (Wildman–Crippen MR) is 135 cm³/mol. The molecule has 2 N–H and O–H groups in total. The van der Waals surface area contributed by atoms with E-state index in [9.17, 15) is 0 Å². The summed E-state index contributed by atoms with van der Waals surface area (Å²) in [5, 5.41) is 6.78. The van der Waals surface area contributed by atoms with Crippen LogP contribution >= 0.6 is 24.0 Å². The minimum absolute atomic E-state index is 0. The first-order valence-electron chi connectivity index (χ1n) is 10.1. The second-order valence-electron chi connectivity index (χ2n) is 6.69. The lowest BCUT2D eigenvalue weighted by Crippen LogP contribution is -2.36. The molecule has 0 aliphatic rings. The molecule has 0 aromatic heterocycles. The van der Waals surface area contributed by atoms with Crippen molar-refractivity contribution in [3.05, 3.63) is 59.2 Å². The summed E-state index contributed by atoms with van der Waals surface area (Å²) in [5.74, 6) is 2.32. The van der Waals surface area contributed by atoms with Crippen LogP contribution in [0, 0.1) is 0 Å². The second-order valence-corrected chi connectivity index (χ2v) is 6.69. The summed E-state index contributed by atoms with van der Waals surface area (Å²) >= 11 is 0. The van der Waals surface area contributed by atoms with E-state index >= 15 is 0 Å². The van der Waals surface area contributed by atoms with Crippen molar-refractivity contribution < 1.29 is 9.47 Å². The molecule has 166 valence electrons. The molecule has 0 atom stereocenters. The van der Waals surface area contributed by atoms with Crippen LogP contribution in [-0.4, -0.2) is 45.2 Å². The van der Waals surface area contributed by atoms with E-state index in [2.05, 4.69) is 58.6 Å². The third kappa shape index (κ3) is 7.68. The van der Waals surface area contributed by atoms with Crippen LogP contribution in [0.4, 0.5) is 0 Å². The number of hydrogen-bond donors (Lipinski definition) is 2. The number of ether oxygens (including phenoxy) is 2. The third-order valence-electron chi connectivity index (χ3n) is 5.02. The van der Waals surface area contributed by atoms with E-state index in [-0.39, 0.29) is 24.0 Å². The van der Waals surface area contributed by atoms with Crippen LogP contribution in [0.15, 0.2) is 47.5 Å². The smallest absolute Gasteiger partial charge is 0.191 e. The Labute approximate surface area is 198 Å². The predicted octanol–water partition coefficient (Wildman–Crippen LogP) is 4.03. The zero-order chi connectivity index (χ0) is 21.1. The van der Waals surface area contributed by atoms with Gasteiger partial charge in [-0.25, -0.2) is 0 Å². The topological polar surface area (TPSA) is 58.1 Å². The van der Waals surface area contributed by atoms with E-state index in [1.54, 1.807) is 21.3 Å². The van der Waals surface area contributed by atoms with Crippen LogP contribution in [0.2, 0.25) is 0 Å². The van der Waals surface area contributed by atoms with Crippen molar-refractivity contribution in [3.8, 4) is 11.5 Å². The number of nitrogens with one attached hydrogen (secondary N) is 2. The summed E-state index contributed by atoms with van der Waals surface area (Å²) in [4.78, 5) is 6.77. The number of methoxy groups -OCH3 is 2. The molecule has 6 nitrogen and oxygen atoms in total. The molecule has 0 heterocycles. The Bertz CT molecular complexity index is 795. The highest BCUT2D eigenvalue weighted by Gasteiger charge is 2.09. The van der Waals surface area contributed by atoms with Gasteiger partial charge in [0.15, 0.2) is 5.96 Å². The maximum atomic E-state index is 5.47. The first-order valence-corrected chi connectivity index (χ1v) is 10.1. The molecular formula is C23H35IN4O2. The van der Waals surface area contributed by atoms with Crippen LogP contribution in [0.3, 0.4) is 0 Å². The van der Waals surface area contributed by atoms with Crippen molar-refractivity contribution in [2.45, 2.75) is 33.5 Å². The van der Waals surface area contributed by atoms with Gasteiger partial charge in [0.2, 0.25) is 0 Å². The van der Waals surface area contributed by atoms with E-state index in [0.717, 1.165) is 49.2 Å². The van der Waals surface area contributed by atoms with Gasteiger partial charge < -0.3 is 20.1 Å². The summed E-state index contributed by atoms with van der Waals surface area (Å²) in [6.07, 6.45) is 0. The number of guanidine groups is 1. The summed E-state index contributed by atoms with van der Waals surface area (Å²) < 4.78 is 10.7. The Morgan fingerprint density at radius 2 is 1.53 bits per heavy atom. The van der Waals surface area contributed by atoms with Crippen LogP contribution in [0.5, 0.6) is 11.5 Å². The summed E-state index contributed by atoms with van der Waals surface area (Å²) in [5.41, 5.74) is 3.67. The first-order chi connectivity index (χ1) is 14.1. The molecule has 0 spiro atoms. The summed E-state index contributed by atoms with van der Waals surface area (Å²) in [7, 11) is 5.09. The van der Waals surface area contributed by atoms with Crippen molar-refractivity contribution in [1.82, 2.24) is 15.5 Å². The number of nitrogens with zero attached hydrogens (tertiary/aromatic N) is 2. The fraction of sp³-hybridized carbons (Fsp3) is 0.435. The fourth-order valence-electron chi connectivity index (χ4n) is 3.15. The highest BCUT2D eigenvalue weighted by molar-refractivity contribution is 14.0. The molecule has 0 radical (unpaired) electrons. The van der Waals surface area contributed by atoms with Gasteiger partial charge in [-0.3, -0.25) is 9.89 Å². The normalized spacial score (nSPS) is 11.1. The quantitative estimate of drug-likeness (QED) is 0.278. The SMILES string of the molecule is CCN(CC)Cc1ccccc1CNC(=NC)NCc1ccc(OC)cc1OC.I. The van der Waals surface area contributed by atoms with Gasteiger partial charge >= 0.3 is 0 Å². The molecule has 2 aromatic rings. The van der Waals surface area contributed by atoms with Crippen LogP contribution in [0.25, 0.3) is 0 Å². The Kier molecular flexibility index (Phi) is 12.2. The van der Waals surface area contributed by atoms with Gasteiger partial charge in [-0.1, -0.05) is 38.1 Å². The average molecular weight is 526 g/mol. The van der Waals surface area contributed by atoms with Crippen molar-refractivity contribution in [3.63, 3.8) is 0 Å². The Balaban J connectivity index is 0.00000450. The van der Waals surface area contributed by atoms with Gasteiger partial charge in [0.25, 0.3) is 0 Å². The van der Waals surface area contributed by atoms with Gasteiger partial charge in [-0.15, -0.1) is 24.0 Å². The molecule has 30 heavy (non-hydrogen) atoms. The molecule has 0 aliphatic carbocycles. The summed E-state index contributed by atoms with van der Waals surface area (Å²) in [6, 6.07) is 14.4. The van der Waals surface area contributed by atoms with Crippen molar-refractivity contribution in [2.24, 2.45) is 4.99 Å². The molecule has 0 fully saturated rings. The molecule has 0 amide bonds. The van der Waals surface area contributed by atoms with Gasteiger partial charge in [0, 0.05) is 38.3 Å². The largest absolute Gasteiger partial charge is 0.497 e. The molecular weight excluding hydrogens is 491 g/mol. The van der Waals surface area contributed by atoms with Gasteiger partial charge in [0.1, 0.15) is 11.5 Å². The highest BCUT2D eigenvalue weighted by Crippen LogP contribution is 2.24. The van der Waals surface area contributed by atoms with E-state index in [4.69, 9.17) is 9.47 Å². The number of halogens is 1. The highest BCUT2D eigenvalue weighted by atomic mass is 127. The number of hydrogen-bond acceptors (Lipinski definition) is 4. The molecule has 2 aromatic carbocycles. The molecule has 0 saturated carbocycles. The van der Waals surface area contributed by atoms with E-state index in [1.165, 1.54) is 11.1 Å². The average Bonchev–Trinajstić information content (AvgIpc) is 2.78. The van der Waals surface area contributed by atoms with Crippen molar-refractivity contribution in [1.29, 1.82) is 0 Å². The van der Waals surface area contributed by atoms with Gasteiger partial charge in [-0.05, 0) is 36.3 Å². The molecule has 2 rings (SSSR count). The molecule has 0 unspecified atom stereocenters.